The van der Waals surface area contributed by atoms with E-state index in [4.69, 9.17) is 14.2 Å². The van der Waals surface area contributed by atoms with Crippen molar-refractivity contribution in [1.82, 2.24) is 0 Å². The first-order valence-electron chi connectivity index (χ1n) is 11.3. The van der Waals surface area contributed by atoms with Crippen LogP contribution in [-0.2, 0) is 20.4 Å². The highest BCUT2D eigenvalue weighted by molar-refractivity contribution is 5.69. The number of benzene rings is 1. The summed E-state index contributed by atoms with van der Waals surface area (Å²) >= 11 is 0. The molecule has 0 bridgehead atoms. The Bertz CT molecular complexity index is 696. The van der Waals surface area contributed by atoms with Crippen LogP contribution in [0.15, 0.2) is 12.1 Å². The summed E-state index contributed by atoms with van der Waals surface area (Å²) in [5.41, 5.74) is 2.31. The maximum Gasteiger partial charge on any atom is 0.305 e. The van der Waals surface area contributed by atoms with E-state index >= 15 is 0 Å². The molecule has 0 aliphatic carbocycles. The van der Waals surface area contributed by atoms with Gasteiger partial charge in [0.1, 0.15) is 11.5 Å². The van der Waals surface area contributed by atoms with Gasteiger partial charge in [-0.25, -0.2) is 0 Å². The molecule has 172 valence electrons. The van der Waals surface area contributed by atoms with Gasteiger partial charge < -0.3 is 14.2 Å². The van der Waals surface area contributed by atoms with Crippen molar-refractivity contribution in [3.05, 3.63) is 23.3 Å². The molecular formula is C26H44O4. The van der Waals surface area contributed by atoms with Gasteiger partial charge in [-0.15, -0.1) is 0 Å². The van der Waals surface area contributed by atoms with Crippen molar-refractivity contribution in [2.75, 3.05) is 20.3 Å². The van der Waals surface area contributed by atoms with Gasteiger partial charge in [0.15, 0.2) is 0 Å². The molecule has 4 nitrogen and oxygen atoms in total. The molecule has 0 heterocycles. The molecule has 0 N–H and O–H groups in total. The Hall–Kier alpha value is -1.71. The van der Waals surface area contributed by atoms with E-state index in [1.54, 1.807) is 0 Å². The molecule has 0 amide bonds. The largest absolute Gasteiger partial charge is 0.494 e. The Morgan fingerprint density at radius 2 is 1.30 bits per heavy atom. The summed E-state index contributed by atoms with van der Waals surface area (Å²) in [7, 11) is 1.44. The van der Waals surface area contributed by atoms with Crippen LogP contribution in [-0.4, -0.2) is 26.3 Å². The number of ether oxygens (including phenoxy) is 3. The fraction of sp³-hybridized carbons (Fsp3) is 0.731. The van der Waals surface area contributed by atoms with E-state index in [1.165, 1.54) is 12.7 Å². The number of carbonyl (C=O) groups is 1. The first kappa shape index (κ1) is 26.3. The zero-order valence-electron chi connectivity index (χ0n) is 21.0. The molecule has 1 rings (SSSR count). The van der Waals surface area contributed by atoms with E-state index in [0.717, 1.165) is 36.3 Å². The second-order valence-corrected chi connectivity index (χ2v) is 10.6. The van der Waals surface area contributed by atoms with Crippen LogP contribution in [0.5, 0.6) is 11.5 Å². The monoisotopic (exact) mass is 420 g/mol. The van der Waals surface area contributed by atoms with Gasteiger partial charge in [-0.3, -0.25) is 4.79 Å². The Morgan fingerprint density at radius 1 is 0.833 bits per heavy atom. The van der Waals surface area contributed by atoms with E-state index in [2.05, 4.69) is 60.6 Å². The van der Waals surface area contributed by atoms with Gasteiger partial charge in [-0.1, -0.05) is 48.5 Å². The van der Waals surface area contributed by atoms with Crippen LogP contribution in [0.2, 0.25) is 0 Å². The quantitative estimate of drug-likeness (QED) is 0.368. The molecule has 1 aromatic rings. The first-order valence-corrected chi connectivity index (χ1v) is 11.3. The van der Waals surface area contributed by atoms with E-state index in [1.807, 2.05) is 13.8 Å². The molecule has 0 unspecified atom stereocenters. The number of methoxy groups -OCH3 is 1. The van der Waals surface area contributed by atoms with Crippen LogP contribution in [0, 0.1) is 5.41 Å². The third kappa shape index (κ3) is 7.52. The lowest BCUT2D eigenvalue weighted by atomic mass is 9.70. The van der Waals surface area contributed by atoms with Crippen molar-refractivity contribution in [3.8, 4) is 11.5 Å². The molecule has 1 aromatic carbocycles. The fourth-order valence-electron chi connectivity index (χ4n) is 4.50. The Balaban J connectivity index is 3.43. The zero-order chi connectivity index (χ0) is 23.2. The van der Waals surface area contributed by atoms with Gasteiger partial charge in [0.2, 0.25) is 0 Å². The summed E-state index contributed by atoms with van der Waals surface area (Å²) in [6.07, 6.45) is 3.09. The molecular weight excluding hydrogens is 376 g/mol. The minimum atomic E-state index is -0.162. The third-order valence-electron chi connectivity index (χ3n) is 5.52. The Morgan fingerprint density at radius 3 is 1.70 bits per heavy atom. The van der Waals surface area contributed by atoms with E-state index < -0.39 is 0 Å². The topological polar surface area (TPSA) is 44.8 Å². The molecule has 0 saturated heterocycles. The van der Waals surface area contributed by atoms with Crippen molar-refractivity contribution in [2.24, 2.45) is 5.41 Å². The Kier molecular flexibility index (Phi) is 9.25. The summed E-state index contributed by atoms with van der Waals surface area (Å²) in [6.45, 7) is 21.1. The predicted octanol–water partition coefficient (Wildman–Crippen LogP) is 6.82. The first-order chi connectivity index (χ1) is 13.8. The molecule has 0 aliphatic rings. The van der Waals surface area contributed by atoms with E-state index in [0.29, 0.717) is 19.6 Å². The normalized spacial score (nSPS) is 12.6. The van der Waals surface area contributed by atoms with Gasteiger partial charge in [-0.2, -0.15) is 0 Å². The van der Waals surface area contributed by atoms with Crippen LogP contribution in [0.4, 0.5) is 0 Å². The van der Waals surface area contributed by atoms with E-state index in [-0.39, 0.29) is 22.2 Å². The van der Waals surface area contributed by atoms with Crippen molar-refractivity contribution < 1.29 is 19.0 Å². The number of carbonyl (C=O) groups excluding carboxylic acids is 1. The summed E-state index contributed by atoms with van der Waals surface area (Å²) in [5.74, 6) is 1.69. The lowest BCUT2D eigenvalue weighted by Gasteiger charge is -2.36. The highest BCUT2D eigenvalue weighted by Gasteiger charge is 2.33. The zero-order valence-corrected chi connectivity index (χ0v) is 21.0. The maximum absolute atomic E-state index is 11.5. The second-order valence-electron chi connectivity index (χ2n) is 10.6. The smallest absolute Gasteiger partial charge is 0.305 e. The molecule has 0 fully saturated rings. The third-order valence-corrected chi connectivity index (χ3v) is 5.52. The highest BCUT2D eigenvalue weighted by atomic mass is 16.5. The highest BCUT2D eigenvalue weighted by Crippen LogP contribution is 2.46. The molecule has 0 saturated carbocycles. The van der Waals surface area contributed by atoms with Gasteiger partial charge >= 0.3 is 5.97 Å². The van der Waals surface area contributed by atoms with Crippen LogP contribution in [0.1, 0.15) is 99.1 Å². The van der Waals surface area contributed by atoms with Crippen molar-refractivity contribution in [3.63, 3.8) is 0 Å². The summed E-state index contributed by atoms with van der Waals surface area (Å²) in [4.78, 5) is 11.5. The lowest BCUT2D eigenvalue weighted by Crippen LogP contribution is -2.27. The molecule has 4 heteroatoms. The minimum absolute atomic E-state index is 0.0534. The fourth-order valence-corrected chi connectivity index (χ4v) is 4.50. The van der Waals surface area contributed by atoms with Crippen molar-refractivity contribution >= 4 is 5.97 Å². The number of esters is 1. The average Bonchev–Trinajstić information content (AvgIpc) is 2.60. The summed E-state index contributed by atoms with van der Waals surface area (Å²) in [6, 6.07) is 4.37. The van der Waals surface area contributed by atoms with Crippen LogP contribution in [0.3, 0.4) is 0 Å². The number of hydrogen-bond acceptors (Lipinski definition) is 4. The molecule has 0 radical (unpaired) electrons. The van der Waals surface area contributed by atoms with E-state index in [9.17, 15) is 4.79 Å². The molecule has 30 heavy (non-hydrogen) atoms. The van der Waals surface area contributed by atoms with Gasteiger partial charge in [0.05, 0.1) is 20.3 Å². The number of hydrogen-bond donors (Lipinski definition) is 0. The second kappa shape index (κ2) is 10.5. The van der Waals surface area contributed by atoms with Gasteiger partial charge in [0.25, 0.3) is 0 Å². The molecule has 0 aliphatic heterocycles. The summed E-state index contributed by atoms with van der Waals surface area (Å²) < 4.78 is 17.1. The van der Waals surface area contributed by atoms with Crippen LogP contribution >= 0.6 is 0 Å². The Labute approximate surface area is 184 Å². The lowest BCUT2D eigenvalue weighted by molar-refractivity contribution is -0.140. The summed E-state index contributed by atoms with van der Waals surface area (Å²) in [5, 5.41) is 0. The standard InChI is InChI=1S/C26H44O4/c1-11-29-21-17-20(26(8,9)18-24(3,4)5)22(30-12-2)16-19(21)25(6,7)15-13-14-23(27)28-10/h16-17H,11-15,18H2,1-10H3. The van der Waals surface area contributed by atoms with Crippen molar-refractivity contribution in [2.45, 2.75) is 98.8 Å². The SMILES string of the molecule is CCOc1cc(C(C)(C)CC(C)(C)C)c(OCC)cc1C(C)(C)CCCC(=O)OC. The van der Waals surface area contributed by atoms with Crippen LogP contribution in [0.25, 0.3) is 0 Å². The maximum atomic E-state index is 11.5. The molecule has 0 atom stereocenters. The predicted molar refractivity (Wildman–Crippen MR) is 125 cm³/mol. The van der Waals surface area contributed by atoms with Gasteiger partial charge in [-0.05, 0) is 61.5 Å². The van der Waals surface area contributed by atoms with Crippen molar-refractivity contribution in [1.29, 1.82) is 0 Å². The molecule has 0 aromatic heterocycles. The number of rotatable bonds is 11. The average molecular weight is 421 g/mol. The minimum Gasteiger partial charge on any atom is -0.494 e. The van der Waals surface area contributed by atoms with Crippen LogP contribution < -0.4 is 9.47 Å². The van der Waals surface area contributed by atoms with Gasteiger partial charge in [0, 0.05) is 17.5 Å². The molecule has 0 spiro atoms.